The minimum absolute atomic E-state index is 0.303. The van der Waals surface area contributed by atoms with Crippen molar-refractivity contribution in [2.75, 3.05) is 6.54 Å². The monoisotopic (exact) mass is 461 g/mol. The van der Waals surface area contributed by atoms with Crippen LogP contribution in [0.5, 0.6) is 0 Å². The number of hydrogen-bond donors (Lipinski definition) is 1. The molecular formula is C11H12BrNS7. The van der Waals surface area contributed by atoms with E-state index in [0.717, 1.165) is 21.6 Å². The van der Waals surface area contributed by atoms with Crippen LogP contribution in [0, 0.1) is 0 Å². The van der Waals surface area contributed by atoms with Crippen LogP contribution >= 0.6 is 89.0 Å². The lowest BCUT2D eigenvalue weighted by atomic mass is 10.1. The molecule has 1 saturated heterocycles. The fraction of sp³-hybridized carbons (Fsp3) is 0.364. The first-order valence-corrected chi connectivity index (χ1v) is 14.5. The van der Waals surface area contributed by atoms with Crippen molar-refractivity contribution in [3.63, 3.8) is 0 Å². The van der Waals surface area contributed by atoms with E-state index in [2.05, 4.69) is 52.4 Å². The van der Waals surface area contributed by atoms with E-state index in [-0.39, 0.29) is 4.87 Å². The first-order chi connectivity index (χ1) is 9.69. The second-order valence-corrected chi connectivity index (χ2v) is 14.9. The van der Waals surface area contributed by atoms with Crippen molar-refractivity contribution < 1.29 is 0 Å². The van der Waals surface area contributed by atoms with Gasteiger partial charge in [-0.2, -0.15) is 0 Å². The summed E-state index contributed by atoms with van der Waals surface area (Å²) in [6.07, 6.45) is 1.09. The summed E-state index contributed by atoms with van der Waals surface area (Å²) in [5.41, 5.74) is 1.22. The molecule has 1 fully saturated rings. The maximum atomic E-state index is 5.73. The Kier molecular flexibility index (Phi) is 8.39. The summed E-state index contributed by atoms with van der Waals surface area (Å²) in [5, 5.41) is 3.67. The fourth-order valence-corrected chi connectivity index (χ4v) is 15.3. The van der Waals surface area contributed by atoms with Crippen LogP contribution in [0.25, 0.3) is 0 Å². The highest BCUT2D eigenvalue weighted by molar-refractivity contribution is 9.43. The Labute approximate surface area is 156 Å². The van der Waals surface area contributed by atoms with Gasteiger partial charge in [-0.1, -0.05) is 47.2 Å². The molecular weight excluding hydrogens is 451 g/mol. The van der Waals surface area contributed by atoms with Crippen molar-refractivity contribution in [2.24, 2.45) is 0 Å². The topological polar surface area (TPSA) is 12.0 Å². The van der Waals surface area contributed by atoms with Gasteiger partial charge in [-0.25, -0.2) is 0 Å². The van der Waals surface area contributed by atoms with Crippen LogP contribution in [0.4, 0.5) is 0 Å². The van der Waals surface area contributed by atoms with E-state index in [1.54, 1.807) is 50.1 Å². The van der Waals surface area contributed by atoms with E-state index in [9.17, 15) is 0 Å². The normalized spacial score (nSPS) is 24.2. The Balaban J connectivity index is 2.35. The third kappa shape index (κ3) is 4.67. The molecule has 1 heterocycles. The predicted octanol–water partition coefficient (Wildman–Crippen LogP) is 6.92. The van der Waals surface area contributed by atoms with Crippen LogP contribution in [0.1, 0.15) is 18.9 Å². The van der Waals surface area contributed by atoms with Gasteiger partial charge in [-0.05, 0) is 91.6 Å². The van der Waals surface area contributed by atoms with Gasteiger partial charge in [0.2, 0.25) is 0 Å². The van der Waals surface area contributed by atoms with Crippen molar-refractivity contribution in [1.82, 2.24) is 5.32 Å². The summed E-state index contributed by atoms with van der Waals surface area (Å²) in [6.45, 7) is 3.13. The lowest BCUT2D eigenvalue weighted by Crippen LogP contribution is -2.44. The van der Waals surface area contributed by atoms with Gasteiger partial charge in [0.25, 0.3) is 0 Å². The van der Waals surface area contributed by atoms with Crippen molar-refractivity contribution in [1.29, 1.82) is 0 Å². The Morgan fingerprint density at radius 3 is 2.55 bits per heavy atom. The molecule has 0 saturated carbocycles. The van der Waals surface area contributed by atoms with Crippen LogP contribution in [-0.4, -0.2) is 10.7 Å². The highest BCUT2D eigenvalue weighted by Gasteiger charge is 2.39. The van der Waals surface area contributed by atoms with Crippen LogP contribution in [0.15, 0.2) is 28.7 Å². The summed E-state index contributed by atoms with van der Waals surface area (Å²) in [4.78, 5) is -0.303. The van der Waals surface area contributed by atoms with Crippen molar-refractivity contribution >= 4 is 93.2 Å². The Bertz CT molecular complexity index is 451. The van der Waals surface area contributed by atoms with Crippen molar-refractivity contribution in [2.45, 2.75) is 18.2 Å². The number of thiocarbonyl (C=S) groups is 1. The van der Waals surface area contributed by atoms with E-state index in [4.69, 9.17) is 12.2 Å². The summed E-state index contributed by atoms with van der Waals surface area (Å²) in [5.74, 6) is 0. The summed E-state index contributed by atoms with van der Waals surface area (Å²) < 4.78 is 2.08. The molecule has 0 bridgehead atoms. The lowest BCUT2D eigenvalue weighted by Gasteiger charge is -2.35. The van der Waals surface area contributed by atoms with Gasteiger partial charge in [0.15, 0.2) is 0 Å². The minimum atomic E-state index is -0.303. The van der Waals surface area contributed by atoms with E-state index in [1.165, 1.54) is 5.56 Å². The third-order valence-electron chi connectivity index (χ3n) is 2.51. The predicted molar refractivity (Wildman–Crippen MR) is 112 cm³/mol. The molecule has 1 aromatic carbocycles. The highest BCUT2D eigenvalue weighted by Crippen LogP contribution is 2.62. The molecule has 2 rings (SSSR count). The molecule has 1 aliphatic rings. The van der Waals surface area contributed by atoms with Crippen LogP contribution < -0.4 is 5.32 Å². The van der Waals surface area contributed by atoms with Crippen LogP contribution in [0.2, 0.25) is 0 Å². The van der Waals surface area contributed by atoms with Gasteiger partial charge in [0.05, 0.1) is 4.20 Å². The maximum Gasteiger partial charge on any atom is 0.144 e. The molecule has 0 spiro atoms. The molecule has 1 nitrogen and oxygen atoms in total. The van der Waals surface area contributed by atoms with E-state index >= 15 is 0 Å². The Morgan fingerprint density at radius 1 is 1.15 bits per heavy atom. The number of hydrogen-bond acceptors (Lipinski definition) is 8. The number of nitrogens with one attached hydrogen (secondary N) is 1. The Hall–Kier alpha value is 1.85. The van der Waals surface area contributed by atoms with Gasteiger partial charge in [-0.15, -0.1) is 0 Å². The summed E-state index contributed by atoms with van der Waals surface area (Å²) >= 11 is 9.23. The van der Waals surface area contributed by atoms with Crippen molar-refractivity contribution in [3.05, 3.63) is 34.3 Å². The zero-order chi connectivity index (χ0) is 14.4. The summed E-state index contributed by atoms with van der Waals surface area (Å²) in [6, 6.07) is 8.46. The van der Waals surface area contributed by atoms with Gasteiger partial charge in [-0.3, -0.25) is 5.32 Å². The van der Waals surface area contributed by atoms with Crippen LogP contribution in [-0.2, 0) is 4.87 Å². The fourth-order valence-electron chi connectivity index (χ4n) is 1.58. The van der Waals surface area contributed by atoms with E-state index in [0.29, 0.717) is 0 Å². The molecule has 20 heavy (non-hydrogen) atoms. The second kappa shape index (κ2) is 9.22. The molecule has 1 unspecified atom stereocenters. The number of benzene rings is 1. The molecule has 1 aliphatic heterocycles. The van der Waals surface area contributed by atoms with Gasteiger partial charge in [0.1, 0.15) is 4.87 Å². The molecule has 0 amide bonds. The first kappa shape index (κ1) is 18.2. The molecule has 1 N–H and O–H groups in total. The molecule has 1 aromatic rings. The molecule has 0 aliphatic carbocycles. The molecule has 110 valence electrons. The zero-order valence-corrected chi connectivity index (χ0v) is 17.8. The van der Waals surface area contributed by atoms with E-state index < -0.39 is 0 Å². The standard InChI is InChI=1S/C11H12BrNS7/c1-2-7-13-11(8-3-5-9(12)6-4-8)10(14)15-17-19-20-18-16-11/h3-6,13H,2,7H2,1H3. The second-order valence-electron chi connectivity index (χ2n) is 3.84. The molecule has 1 atom stereocenters. The Morgan fingerprint density at radius 2 is 1.85 bits per heavy atom. The average molecular weight is 463 g/mol. The lowest BCUT2D eigenvalue weighted by molar-refractivity contribution is 0.607. The first-order valence-electron chi connectivity index (χ1n) is 5.77. The molecule has 9 heteroatoms. The molecule has 0 aromatic heterocycles. The van der Waals surface area contributed by atoms with Gasteiger partial charge >= 0.3 is 0 Å². The van der Waals surface area contributed by atoms with Gasteiger partial charge < -0.3 is 0 Å². The zero-order valence-electron chi connectivity index (χ0n) is 10.5. The smallest absolute Gasteiger partial charge is 0.144 e. The summed E-state index contributed by atoms with van der Waals surface area (Å²) in [7, 11) is 10.6. The number of halogens is 1. The van der Waals surface area contributed by atoms with Crippen LogP contribution in [0.3, 0.4) is 0 Å². The SMILES string of the molecule is CCCNC1(c2ccc(Br)cc2)SSSSSSC1=S. The number of rotatable bonds is 4. The average Bonchev–Trinajstić information content (AvgIpc) is 2.44. The van der Waals surface area contributed by atoms with Crippen molar-refractivity contribution in [3.8, 4) is 0 Å². The quantitative estimate of drug-likeness (QED) is 0.377. The van der Waals surface area contributed by atoms with E-state index in [1.807, 2.05) is 10.8 Å². The minimum Gasteiger partial charge on any atom is -0.293 e. The van der Waals surface area contributed by atoms with Gasteiger partial charge in [0, 0.05) is 4.47 Å². The third-order valence-corrected chi connectivity index (χ3v) is 15.2. The largest absolute Gasteiger partial charge is 0.293 e. The maximum absolute atomic E-state index is 5.73. The molecule has 0 radical (unpaired) electrons. The highest BCUT2D eigenvalue weighted by atomic mass is 79.9.